The number of ether oxygens (including phenoxy) is 4. The molecule has 2 unspecified atom stereocenters. The van der Waals surface area contributed by atoms with Crippen molar-refractivity contribution in [3.05, 3.63) is 58.4 Å². The molecule has 2 aromatic rings. The third kappa shape index (κ3) is 6.02. The first-order valence-electron chi connectivity index (χ1n) is 10.8. The second-order valence-corrected chi connectivity index (χ2v) is 7.77. The van der Waals surface area contributed by atoms with Crippen LogP contribution in [-0.4, -0.2) is 54.3 Å². The Balaban J connectivity index is 1.98. The number of aliphatic hydroxyl groups excluding tert-OH is 1. The summed E-state index contributed by atoms with van der Waals surface area (Å²) in [5.41, 5.74) is 1.52. The average Bonchev–Trinajstić information content (AvgIpc) is 3.44. The van der Waals surface area contributed by atoms with Crippen LogP contribution < -0.4 is 0 Å². The second kappa shape index (κ2) is 11.5. The van der Waals surface area contributed by atoms with Crippen molar-refractivity contribution in [1.29, 1.82) is 0 Å². The zero-order chi connectivity index (χ0) is 24.7. The highest BCUT2D eigenvalue weighted by atomic mass is 16.6. The summed E-state index contributed by atoms with van der Waals surface area (Å²) in [4.78, 5) is 51.4. The van der Waals surface area contributed by atoms with E-state index in [0.717, 1.165) is 5.56 Å². The summed E-state index contributed by atoms with van der Waals surface area (Å²) < 4.78 is 20.1. The Morgan fingerprint density at radius 3 is 2.44 bits per heavy atom. The summed E-state index contributed by atoms with van der Waals surface area (Å²) in [5.74, 6) is -2.30. The number of H-pyrrole nitrogens is 1. The first-order valence-corrected chi connectivity index (χ1v) is 10.8. The number of aromatic nitrogens is 1. The topological polar surface area (TPSA) is 141 Å². The molecule has 0 radical (unpaired) electrons. The van der Waals surface area contributed by atoms with Crippen LogP contribution in [0.1, 0.15) is 58.2 Å². The maximum absolute atomic E-state index is 13.0. The molecular weight excluding hydrogens is 446 g/mol. The molecule has 3 rings (SSSR count). The first-order chi connectivity index (χ1) is 16.3. The molecule has 0 spiro atoms. The number of carbonyl (C=O) groups is 4. The van der Waals surface area contributed by atoms with Gasteiger partial charge in [0.05, 0.1) is 26.3 Å². The molecule has 34 heavy (non-hydrogen) atoms. The van der Waals surface area contributed by atoms with Gasteiger partial charge in [0.15, 0.2) is 0 Å². The van der Waals surface area contributed by atoms with Gasteiger partial charge in [-0.1, -0.05) is 30.3 Å². The van der Waals surface area contributed by atoms with Gasteiger partial charge < -0.3 is 29.0 Å². The number of hydrogen-bond donors (Lipinski definition) is 2. The Labute approximate surface area is 196 Å². The van der Waals surface area contributed by atoms with E-state index in [1.54, 1.807) is 12.1 Å². The van der Waals surface area contributed by atoms with E-state index in [9.17, 15) is 24.3 Å². The average molecular weight is 473 g/mol. The molecule has 182 valence electrons. The van der Waals surface area contributed by atoms with Gasteiger partial charge in [-0.05, 0) is 29.5 Å². The molecule has 1 fully saturated rings. The van der Waals surface area contributed by atoms with Crippen molar-refractivity contribution in [3.63, 3.8) is 0 Å². The predicted octanol–water partition coefficient (Wildman–Crippen LogP) is 1.93. The Hall–Kier alpha value is -3.66. The van der Waals surface area contributed by atoms with E-state index in [1.807, 2.05) is 18.2 Å². The smallest absolute Gasteiger partial charge is 0.355 e. The lowest BCUT2D eigenvalue weighted by Gasteiger charge is -2.18. The van der Waals surface area contributed by atoms with Crippen LogP contribution >= 0.6 is 0 Å². The van der Waals surface area contributed by atoms with Gasteiger partial charge in [-0.25, -0.2) is 4.79 Å². The van der Waals surface area contributed by atoms with Gasteiger partial charge in [-0.15, -0.1) is 0 Å². The number of cyclic esters (lactones) is 1. The zero-order valence-corrected chi connectivity index (χ0v) is 19.0. The number of esters is 4. The van der Waals surface area contributed by atoms with Crippen LogP contribution in [-0.2, 0) is 52.8 Å². The number of nitrogens with one attached hydrogen (secondary N) is 1. The third-order valence-corrected chi connectivity index (χ3v) is 5.59. The number of hydrogen-bond acceptors (Lipinski definition) is 9. The minimum Gasteiger partial charge on any atom is -0.469 e. The first kappa shape index (κ1) is 25.0. The number of rotatable bonds is 10. The van der Waals surface area contributed by atoms with Crippen LogP contribution in [0.4, 0.5) is 0 Å². The Morgan fingerprint density at radius 1 is 1.12 bits per heavy atom. The van der Waals surface area contributed by atoms with Gasteiger partial charge >= 0.3 is 23.9 Å². The number of aliphatic hydroxyl groups is 1. The van der Waals surface area contributed by atoms with Crippen LogP contribution in [0.25, 0.3) is 0 Å². The van der Waals surface area contributed by atoms with E-state index in [2.05, 4.69) is 4.98 Å². The van der Waals surface area contributed by atoms with Gasteiger partial charge in [0, 0.05) is 12.8 Å². The van der Waals surface area contributed by atoms with Gasteiger partial charge in [0.2, 0.25) is 0 Å². The van der Waals surface area contributed by atoms with Crippen LogP contribution in [0.15, 0.2) is 30.3 Å². The van der Waals surface area contributed by atoms with Crippen molar-refractivity contribution in [2.24, 2.45) is 0 Å². The van der Waals surface area contributed by atoms with Crippen molar-refractivity contribution >= 4 is 23.9 Å². The molecule has 0 aliphatic carbocycles. The van der Waals surface area contributed by atoms with Crippen LogP contribution in [0.5, 0.6) is 0 Å². The van der Waals surface area contributed by atoms with Gasteiger partial charge in [0.1, 0.15) is 24.5 Å². The fourth-order valence-electron chi connectivity index (χ4n) is 3.80. The van der Waals surface area contributed by atoms with E-state index in [4.69, 9.17) is 18.9 Å². The number of methoxy groups -OCH3 is 2. The van der Waals surface area contributed by atoms with E-state index in [-0.39, 0.29) is 55.7 Å². The van der Waals surface area contributed by atoms with Crippen LogP contribution in [0, 0.1) is 0 Å². The Kier molecular flexibility index (Phi) is 8.42. The summed E-state index contributed by atoms with van der Waals surface area (Å²) in [7, 11) is 2.46. The fourth-order valence-corrected chi connectivity index (χ4v) is 3.80. The SMILES string of the molecule is COC(=O)CCc1c(C(=O)OCc2ccccc2)[nH]c(C(O)C2CCC(=O)O2)c1CC(=O)OC. The molecule has 10 nitrogen and oxygen atoms in total. The van der Waals surface area contributed by atoms with E-state index in [0.29, 0.717) is 5.56 Å². The molecule has 0 saturated carbocycles. The summed E-state index contributed by atoms with van der Waals surface area (Å²) in [6, 6.07) is 9.06. The minimum atomic E-state index is -1.32. The molecule has 2 heterocycles. The van der Waals surface area contributed by atoms with Gasteiger partial charge in [-0.2, -0.15) is 0 Å². The van der Waals surface area contributed by atoms with E-state index in [1.165, 1.54) is 14.2 Å². The van der Waals surface area contributed by atoms with Crippen molar-refractivity contribution in [2.75, 3.05) is 14.2 Å². The molecule has 0 bridgehead atoms. The molecule has 2 N–H and O–H groups in total. The Bertz CT molecular complexity index is 1040. The molecule has 1 aromatic heterocycles. The summed E-state index contributed by atoms with van der Waals surface area (Å²) >= 11 is 0. The Morgan fingerprint density at radius 2 is 1.82 bits per heavy atom. The largest absolute Gasteiger partial charge is 0.469 e. The van der Waals surface area contributed by atoms with E-state index >= 15 is 0 Å². The standard InChI is InChI=1S/C24H27NO9/c1-31-18(26)10-8-15-16(12-20(28)32-2)21(23(29)17-9-11-19(27)34-17)25-22(15)24(30)33-13-14-6-4-3-5-7-14/h3-7,17,23,25,29H,8-13H2,1-2H3. The normalized spacial score (nSPS) is 16.0. The molecular formula is C24H27NO9. The lowest BCUT2D eigenvalue weighted by Crippen LogP contribution is -2.20. The van der Waals surface area contributed by atoms with Crippen molar-refractivity contribution in [3.8, 4) is 0 Å². The van der Waals surface area contributed by atoms with Crippen LogP contribution in [0.2, 0.25) is 0 Å². The maximum atomic E-state index is 13.0. The molecule has 10 heteroatoms. The predicted molar refractivity (Wildman–Crippen MR) is 116 cm³/mol. The van der Waals surface area contributed by atoms with Gasteiger partial charge in [-0.3, -0.25) is 14.4 Å². The van der Waals surface area contributed by atoms with Crippen LogP contribution in [0.3, 0.4) is 0 Å². The molecule has 1 aliphatic heterocycles. The van der Waals surface area contributed by atoms with E-state index < -0.39 is 36.1 Å². The maximum Gasteiger partial charge on any atom is 0.355 e. The molecule has 1 aliphatic rings. The van der Waals surface area contributed by atoms with Crippen molar-refractivity contribution < 1.29 is 43.2 Å². The highest BCUT2D eigenvalue weighted by Gasteiger charge is 2.36. The molecule has 0 amide bonds. The lowest BCUT2D eigenvalue weighted by molar-refractivity contribution is -0.146. The fraction of sp³-hybridized carbons (Fsp3) is 0.417. The summed E-state index contributed by atoms with van der Waals surface area (Å²) in [5, 5.41) is 11.0. The molecule has 1 aromatic carbocycles. The summed E-state index contributed by atoms with van der Waals surface area (Å²) in [6.07, 6.45) is -2.04. The number of benzene rings is 1. The van der Waals surface area contributed by atoms with Crippen molar-refractivity contribution in [2.45, 2.75) is 50.9 Å². The minimum absolute atomic E-state index is 0.000402. The third-order valence-electron chi connectivity index (χ3n) is 5.59. The number of aromatic amines is 1. The number of carbonyl (C=O) groups excluding carboxylic acids is 4. The lowest BCUT2D eigenvalue weighted by atomic mass is 9.96. The summed E-state index contributed by atoms with van der Waals surface area (Å²) in [6.45, 7) is -0.000402. The zero-order valence-electron chi connectivity index (χ0n) is 19.0. The monoisotopic (exact) mass is 473 g/mol. The highest BCUT2D eigenvalue weighted by Crippen LogP contribution is 2.33. The molecule has 1 saturated heterocycles. The quantitative estimate of drug-likeness (QED) is 0.391. The van der Waals surface area contributed by atoms with Crippen molar-refractivity contribution in [1.82, 2.24) is 4.98 Å². The molecule has 2 atom stereocenters. The highest BCUT2D eigenvalue weighted by molar-refractivity contribution is 5.91. The van der Waals surface area contributed by atoms with Gasteiger partial charge in [0.25, 0.3) is 0 Å². The second-order valence-electron chi connectivity index (χ2n) is 7.77.